The third kappa shape index (κ3) is 4.11. The first-order valence-corrected chi connectivity index (χ1v) is 13.1. The third-order valence-corrected chi connectivity index (χ3v) is 8.28. The Morgan fingerprint density at radius 3 is 2.82 bits per heavy atom. The van der Waals surface area contributed by atoms with Gasteiger partial charge in [-0.2, -0.15) is 0 Å². The molecule has 7 heteroatoms. The van der Waals surface area contributed by atoms with Crippen LogP contribution in [0.4, 0.5) is 0 Å². The molecule has 2 aromatic carbocycles. The maximum atomic E-state index is 12.5. The maximum absolute atomic E-state index is 12.5. The Morgan fingerprint density at radius 1 is 1.21 bits per heavy atom. The number of sulfone groups is 1. The molecule has 2 aromatic heterocycles. The summed E-state index contributed by atoms with van der Waals surface area (Å²) < 4.78 is 31.3. The number of nitrogens with zero attached hydrogens (tertiary/aromatic N) is 2. The van der Waals surface area contributed by atoms with Gasteiger partial charge < -0.3 is 14.6 Å². The van der Waals surface area contributed by atoms with Crippen molar-refractivity contribution < 1.29 is 13.2 Å². The molecule has 5 rings (SSSR count). The van der Waals surface area contributed by atoms with Crippen LogP contribution in [0.1, 0.15) is 18.9 Å². The van der Waals surface area contributed by atoms with E-state index in [1.165, 1.54) is 0 Å². The number of hydrogen-bond acceptors (Lipinski definition) is 5. The minimum absolute atomic E-state index is 0.0746. The average molecular weight is 464 g/mol. The molecule has 1 saturated heterocycles. The van der Waals surface area contributed by atoms with Gasteiger partial charge in [0, 0.05) is 29.4 Å². The number of nitrogens with one attached hydrogen (secondary N) is 1. The highest BCUT2D eigenvalue weighted by molar-refractivity contribution is 7.91. The fourth-order valence-corrected chi connectivity index (χ4v) is 5.65. The summed E-state index contributed by atoms with van der Waals surface area (Å²) in [5.74, 6) is 1.40. The van der Waals surface area contributed by atoms with Gasteiger partial charge in [0.1, 0.15) is 11.4 Å². The summed E-state index contributed by atoms with van der Waals surface area (Å²) in [6, 6.07) is 13.3. The first-order valence-electron chi connectivity index (χ1n) is 11.4. The lowest BCUT2D eigenvalue weighted by molar-refractivity contribution is 0.251. The van der Waals surface area contributed by atoms with Crippen LogP contribution in [0.5, 0.6) is 5.75 Å². The normalized spacial score (nSPS) is 17.2. The van der Waals surface area contributed by atoms with E-state index in [2.05, 4.69) is 28.0 Å². The molecule has 172 valence electrons. The van der Waals surface area contributed by atoms with Crippen LogP contribution in [0, 0.1) is 12.8 Å². The van der Waals surface area contributed by atoms with Gasteiger partial charge in [0.2, 0.25) is 0 Å². The molecular formula is C26H29N3O3S. The number of aromatic amines is 1. The zero-order valence-corrected chi connectivity index (χ0v) is 20.1. The van der Waals surface area contributed by atoms with Gasteiger partial charge in [-0.15, -0.1) is 0 Å². The zero-order valence-electron chi connectivity index (χ0n) is 19.3. The van der Waals surface area contributed by atoms with Crippen molar-refractivity contribution in [2.24, 2.45) is 5.92 Å². The lowest BCUT2D eigenvalue weighted by Crippen LogP contribution is -2.18. The number of hydrogen-bond donors (Lipinski definition) is 1. The minimum atomic E-state index is -3.30. The van der Waals surface area contributed by atoms with Crippen LogP contribution in [0.2, 0.25) is 0 Å². The van der Waals surface area contributed by atoms with Crippen LogP contribution in [0.25, 0.3) is 33.1 Å². The van der Waals surface area contributed by atoms with Crippen molar-refractivity contribution in [1.29, 1.82) is 0 Å². The number of H-pyrrole nitrogens is 1. The van der Waals surface area contributed by atoms with Gasteiger partial charge in [0.05, 0.1) is 22.8 Å². The second-order valence-electron chi connectivity index (χ2n) is 9.05. The van der Waals surface area contributed by atoms with Crippen molar-refractivity contribution in [3.05, 3.63) is 54.2 Å². The van der Waals surface area contributed by atoms with Crippen molar-refractivity contribution in [1.82, 2.24) is 14.9 Å². The molecule has 1 aliphatic heterocycles. The molecule has 0 bridgehead atoms. The van der Waals surface area contributed by atoms with Crippen LogP contribution in [-0.2, 0) is 9.84 Å². The maximum Gasteiger partial charge on any atom is 0.178 e. The number of aromatic nitrogens is 2. The molecule has 0 saturated carbocycles. The SMILES string of the molecule is CCS(=O)(=O)c1cccc(-c2ccc(OCC3CCN(C)C3)c3[nH]c4ncc(C)cc4c23)c1. The van der Waals surface area contributed by atoms with Crippen LogP contribution >= 0.6 is 0 Å². The van der Waals surface area contributed by atoms with Crippen LogP contribution in [0.15, 0.2) is 53.6 Å². The van der Waals surface area contributed by atoms with Crippen LogP contribution < -0.4 is 4.74 Å². The summed E-state index contributed by atoms with van der Waals surface area (Å²) in [6.45, 7) is 6.52. The molecule has 3 heterocycles. The highest BCUT2D eigenvalue weighted by Gasteiger charge is 2.22. The Morgan fingerprint density at radius 2 is 2.06 bits per heavy atom. The van der Waals surface area contributed by atoms with E-state index in [1.807, 2.05) is 37.4 Å². The van der Waals surface area contributed by atoms with Crippen molar-refractivity contribution in [2.75, 3.05) is 32.5 Å². The Labute approximate surface area is 194 Å². The molecule has 0 spiro atoms. The van der Waals surface area contributed by atoms with Gasteiger partial charge in [-0.3, -0.25) is 0 Å². The number of fused-ring (bicyclic) bond motifs is 3. The fourth-order valence-electron chi connectivity index (χ4n) is 4.72. The van der Waals surface area contributed by atoms with Crippen molar-refractivity contribution >= 4 is 31.8 Å². The van der Waals surface area contributed by atoms with E-state index in [-0.39, 0.29) is 5.75 Å². The lowest BCUT2D eigenvalue weighted by atomic mass is 9.99. The topological polar surface area (TPSA) is 75.3 Å². The number of pyridine rings is 1. The molecule has 1 atom stereocenters. The summed E-state index contributed by atoms with van der Waals surface area (Å²) in [6.07, 6.45) is 2.99. The standard InChI is InChI=1S/C26H29N3O3S/c1-4-33(30,31)20-7-5-6-19(13-20)21-8-9-23(32-16-18-10-11-29(3)15-18)25-24(21)22-12-17(2)14-27-26(22)28-25/h5-9,12-14,18H,4,10-11,15-16H2,1-3H3,(H,27,28). The molecule has 0 amide bonds. The van der Waals surface area contributed by atoms with Crippen molar-refractivity contribution in [3.63, 3.8) is 0 Å². The number of likely N-dealkylation sites (tertiary alicyclic amines) is 1. The summed E-state index contributed by atoms with van der Waals surface area (Å²) in [4.78, 5) is 10.7. The highest BCUT2D eigenvalue weighted by atomic mass is 32.2. The highest BCUT2D eigenvalue weighted by Crippen LogP contribution is 2.39. The first-order chi connectivity index (χ1) is 15.9. The Bertz CT molecular complexity index is 1440. The predicted octanol–water partition coefficient (Wildman–Crippen LogP) is 4.82. The van der Waals surface area contributed by atoms with E-state index in [9.17, 15) is 8.42 Å². The smallest absolute Gasteiger partial charge is 0.178 e. The van der Waals surface area contributed by atoms with Crippen LogP contribution in [-0.4, -0.2) is 55.8 Å². The average Bonchev–Trinajstić information content (AvgIpc) is 3.41. The van der Waals surface area contributed by atoms with E-state index < -0.39 is 9.84 Å². The molecule has 33 heavy (non-hydrogen) atoms. The predicted molar refractivity (Wildman–Crippen MR) is 133 cm³/mol. The molecule has 1 unspecified atom stereocenters. The summed E-state index contributed by atoms with van der Waals surface area (Å²) in [7, 11) is -1.15. The molecule has 1 aliphatic rings. The molecule has 1 fully saturated rings. The van der Waals surface area contributed by atoms with Gasteiger partial charge in [-0.05, 0) is 74.0 Å². The quantitative estimate of drug-likeness (QED) is 0.444. The van der Waals surface area contributed by atoms with E-state index >= 15 is 0 Å². The van der Waals surface area contributed by atoms with Gasteiger partial charge >= 0.3 is 0 Å². The summed E-state index contributed by atoms with van der Waals surface area (Å²) in [5, 5.41) is 2.02. The van der Waals surface area contributed by atoms with Gasteiger partial charge in [0.15, 0.2) is 9.84 Å². The van der Waals surface area contributed by atoms with Gasteiger partial charge in [0.25, 0.3) is 0 Å². The second kappa shape index (κ2) is 8.47. The molecule has 0 aliphatic carbocycles. The molecule has 0 radical (unpaired) electrons. The lowest BCUT2D eigenvalue weighted by Gasteiger charge is -2.14. The molecule has 1 N–H and O–H groups in total. The van der Waals surface area contributed by atoms with Crippen molar-refractivity contribution in [2.45, 2.75) is 25.2 Å². The molecular weight excluding hydrogens is 434 g/mol. The summed E-state index contributed by atoms with van der Waals surface area (Å²) in [5.41, 5.74) is 4.59. The fraction of sp³-hybridized carbons (Fsp3) is 0.346. The van der Waals surface area contributed by atoms with Gasteiger partial charge in [-0.25, -0.2) is 13.4 Å². The van der Waals surface area contributed by atoms with Crippen molar-refractivity contribution in [3.8, 4) is 16.9 Å². The first kappa shape index (κ1) is 21.9. The molecule has 4 aromatic rings. The third-order valence-electron chi connectivity index (χ3n) is 6.55. The number of rotatable bonds is 6. The largest absolute Gasteiger partial charge is 0.491 e. The molecule has 6 nitrogen and oxygen atoms in total. The zero-order chi connectivity index (χ0) is 23.2. The van der Waals surface area contributed by atoms with Crippen LogP contribution in [0.3, 0.4) is 0 Å². The second-order valence-corrected chi connectivity index (χ2v) is 11.3. The van der Waals surface area contributed by atoms with E-state index in [1.54, 1.807) is 19.1 Å². The Kier molecular flexibility index (Phi) is 5.62. The minimum Gasteiger partial charge on any atom is -0.491 e. The Balaban J connectivity index is 1.65. The Hall–Kier alpha value is -2.90. The monoisotopic (exact) mass is 463 g/mol. The number of benzene rings is 2. The summed E-state index contributed by atoms with van der Waals surface area (Å²) >= 11 is 0. The number of aryl methyl sites for hydroxylation is 1. The van der Waals surface area contributed by atoms with E-state index in [4.69, 9.17) is 4.74 Å². The van der Waals surface area contributed by atoms with E-state index in [0.717, 1.165) is 63.9 Å². The number of ether oxygens (including phenoxy) is 1. The van der Waals surface area contributed by atoms with Gasteiger partial charge in [-0.1, -0.05) is 19.1 Å². The van der Waals surface area contributed by atoms with E-state index in [0.29, 0.717) is 17.4 Å².